The van der Waals surface area contributed by atoms with Crippen LogP contribution in [0.15, 0.2) is 139 Å². The quantitative estimate of drug-likeness (QED) is 0.256. The van der Waals surface area contributed by atoms with E-state index in [1.807, 2.05) is 24.3 Å². The van der Waals surface area contributed by atoms with Gasteiger partial charge in [0.25, 0.3) is 0 Å². The average Bonchev–Trinajstić information content (AvgIpc) is 2.97. The SMILES string of the molecule is CC1C=CC(C(=N)c2cccc(-c3cccc(/C(N)=C/C(c4ccccc4)c4ccccc4)c3)c2)=CC1. The van der Waals surface area contributed by atoms with E-state index in [1.165, 1.54) is 11.1 Å². The summed E-state index contributed by atoms with van der Waals surface area (Å²) in [6.45, 7) is 2.20. The molecular formula is C35H32N2. The van der Waals surface area contributed by atoms with Crippen molar-refractivity contribution in [3.05, 3.63) is 161 Å². The van der Waals surface area contributed by atoms with Crippen molar-refractivity contribution in [2.45, 2.75) is 19.3 Å². The third kappa shape index (κ3) is 5.70. The maximum atomic E-state index is 8.75. The molecule has 3 N–H and O–H groups in total. The maximum Gasteiger partial charge on any atom is 0.0681 e. The third-order valence-electron chi connectivity index (χ3n) is 6.95. The Morgan fingerprint density at radius 3 is 1.92 bits per heavy atom. The summed E-state index contributed by atoms with van der Waals surface area (Å²) in [5, 5.41) is 8.75. The highest BCUT2D eigenvalue weighted by molar-refractivity contribution is 6.12. The summed E-state index contributed by atoms with van der Waals surface area (Å²) in [5.74, 6) is 0.599. The van der Waals surface area contributed by atoms with E-state index in [2.05, 4.69) is 116 Å². The number of hydrogen-bond acceptors (Lipinski definition) is 2. The molecule has 4 aromatic carbocycles. The molecule has 1 atom stereocenters. The monoisotopic (exact) mass is 480 g/mol. The van der Waals surface area contributed by atoms with Gasteiger partial charge in [-0.15, -0.1) is 0 Å². The molecule has 0 spiro atoms. The molecule has 37 heavy (non-hydrogen) atoms. The first-order chi connectivity index (χ1) is 18.1. The predicted molar refractivity (Wildman–Crippen MR) is 157 cm³/mol. The predicted octanol–water partition coefficient (Wildman–Crippen LogP) is 8.38. The second kappa shape index (κ2) is 11.1. The Kier molecular flexibility index (Phi) is 7.28. The first-order valence-electron chi connectivity index (χ1n) is 12.8. The smallest absolute Gasteiger partial charge is 0.0681 e. The molecule has 4 aromatic rings. The molecule has 0 amide bonds. The normalized spacial score (nSPS) is 15.5. The van der Waals surface area contributed by atoms with Crippen LogP contribution in [0, 0.1) is 11.3 Å². The van der Waals surface area contributed by atoms with Crippen molar-refractivity contribution < 1.29 is 0 Å². The van der Waals surface area contributed by atoms with Gasteiger partial charge in [-0.05, 0) is 63.9 Å². The summed E-state index contributed by atoms with van der Waals surface area (Å²) < 4.78 is 0. The Balaban J connectivity index is 1.45. The minimum atomic E-state index is 0.0643. The molecular weight excluding hydrogens is 448 g/mol. The highest BCUT2D eigenvalue weighted by Crippen LogP contribution is 2.30. The van der Waals surface area contributed by atoms with Gasteiger partial charge in [-0.2, -0.15) is 0 Å². The Bertz CT molecular complexity index is 1440. The van der Waals surface area contributed by atoms with Gasteiger partial charge in [-0.25, -0.2) is 0 Å². The molecule has 0 fully saturated rings. The molecule has 0 saturated carbocycles. The molecule has 0 heterocycles. The number of allylic oxidation sites excluding steroid dienone is 5. The summed E-state index contributed by atoms with van der Waals surface area (Å²) in [6, 6.07) is 37.6. The number of nitrogens with one attached hydrogen (secondary N) is 1. The first kappa shape index (κ1) is 24.3. The lowest BCUT2D eigenvalue weighted by atomic mass is 9.89. The molecule has 5 rings (SSSR count). The van der Waals surface area contributed by atoms with Gasteiger partial charge in [0.05, 0.1) is 5.71 Å². The zero-order valence-corrected chi connectivity index (χ0v) is 21.1. The third-order valence-corrected chi connectivity index (χ3v) is 6.95. The largest absolute Gasteiger partial charge is 0.398 e. The Morgan fingerprint density at radius 2 is 1.35 bits per heavy atom. The van der Waals surface area contributed by atoms with Crippen molar-refractivity contribution in [2.75, 3.05) is 0 Å². The number of hydrogen-bond donors (Lipinski definition) is 2. The van der Waals surface area contributed by atoms with Gasteiger partial charge in [-0.1, -0.05) is 122 Å². The van der Waals surface area contributed by atoms with Crippen LogP contribution in [0.2, 0.25) is 0 Å². The van der Waals surface area contributed by atoms with Crippen LogP contribution in [0.4, 0.5) is 0 Å². The maximum absolute atomic E-state index is 8.75. The molecule has 0 radical (unpaired) electrons. The average molecular weight is 481 g/mol. The van der Waals surface area contributed by atoms with E-state index in [0.29, 0.717) is 11.6 Å². The van der Waals surface area contributed by atoms with E-state index in [0.717, 1.165) is 39.9 Å². The van der Waals surface area contributed by atoms with Gasteiger partial charge >= 0.3 is 0 Å². The summed E-state index contributed by atoms with van der Waals surface area (Å²) in [4.78, 5) is 0. The van der Waals surface area contributed by atoms with Gasteiger partial charge < -0.3 is 5.73 Å². The molecule has 0 aliphatic heterocycles. The molecule has 0 bridgehead atoms. The zero-order chi connectivity index (χ0) is 25.6. The summed E-state index contributed by atoms with van der Waals surface area (Å²) in [5.41, 5.74) is 15.5. The molecule has 0 saturated heterocycles. The van der Waals surface area contributed by atoms with Crippen LogP contribution < -0.4 is 5.73 Å². The van der Waals surface area contributed by atoms with Crippen molar-refractivity contribution in [3.63, 3.8) is 0 Å². The van der Waals surface area contributed by atoms with Crippen molar-refractivity contribution >= 4 is 11.4 Å². The summed E-state index contributed by atoms with van der Waals surface area (Å²) >= 11 is 0. The fourth-order valence-corrected chi connectivity index (χ4v) is 4.79. The zero-order valence-electron chi connectivity index (χ0n) is 21.1. The Labute approximate surface area is 220 Å². The van der Waals surface area contributed by atoms with Crippen LogP contribution in [-0.4, -0.2) is 5.71 Å². The van der Waals surface area contributed by atoms with Gasteiger partial charge in [-0.3, -0.25) is 5.41 Å². The van der Waals surface area contributed by atoms with Gasteiger partial charge in [0.15, 0.2) is 0 Å². The molecule has 1 aliphatic carbocycles. The number of rotatable bonds is 7. The molecule has 2 heteroatoms. The first-order valence-corrected chi connectivity index (χ1v) is 12.8. The highest BCUT2D eigenvalue weighted by Gasteiger charge is 2.14. The molecule has 2 nitrogen and oxygen atoms in total. The van der Waals surface area contributed by atoms with Crippen LogP contribution in [0.3, 0.4) is 0 Å². The van der Waals surface area contributed by atoms with E-state index in [4.69, 9.17) is 11.1 Å². The molecule has 0 aromatic heterocycles. The molecule has 1 unspecified atom stereocenters. The van der Waals surface area contributed by atoms with Gasteiger partial charge in [0, 0.05) is 17.2 Å². The molecule has 182 valence electrons. The lowest BCUT2D eigenvalue weighted by molar-refractivity contribution is 0.734. The second-order valence-electron chi connectivity index (χ2n) is 9.69. The van der Waals surface area contributed by atoms with E-state index < -0.39 is 0 Å². The summed E-state index contributed by atoms with van der Waals surface area (Å²) in [7, 11) is 0. The van der Waals surface area contributed by atoms with Crippen LogP contribution in [0.5, 0.6) is 0 Å². The standard InChI is InChI=1S/C35H32N2/c1-25-18-20-28(21-19-25)35(37)32-17-9-15-30(23-32)29-14-8-16-31(22-29)34(36)24-33(26-10-4-2-5-11-26)27-12-6-3-7-13-27/h2-18,20-25,33,37H,19,36H2,1H3/b34-24-,37-35?. The van der Waals surface area contributed by atoms with Crippen LogP contribution >= 0.6 is 0 Å². The number of nitrogens with two attached hydrogens (primary N) is 1. The van der Waals surface area contributed by atoms with E-state index >= 15 is 0 Å². The van der Waals surface area contributed by atoms with E-state index in [9.17, 15) is 0 Å². The second-order valence-corrected chi connectivity index (χ2v) is 9.69. The van der Waals surface area contributed by atoms with Crippen LogP contribution in [0.25, 0.3) is 16.8 Å². The van der Waals surface area contributed by atoms with E-state index in [1.54, 1.807) is 0 Å². The van der Waals surface area contributed by atoms with Crippen LogP contribution in [-0.2, 0) is 0 Å². The Hall–Kier alpha value is -4.43. The van der Waals surface area contributed by atoms with E-state index in [-0.39, 0.29) is 5.92 Å². The van der Waals surface area contributed by atoms with Crippen LogP contribution in [0.1, 0.15) is 41.5 Å². The summed E-state index contributed by atoms with van der Waals surface area (Å²) in [6.07, 6.45) is 9.56. The van der Waals surface area contributed by atoms with Crippen molar-refractivity contribution in [1.82, 2.24) is 0 Å². The van der Waals surface area contributed by atoms with Gasteiger partial charge in [0.1, 0.15) is 0 Å². The van der Waals surface area contributed by atoms with Crippen molar-refractivity contribution in [2.24, 2.45) is 11.7 Å². The van der Waals surface area contributed by atoms with Crippen molar-refractivity contribution in [1.29, 1.82) is 5.41 Å². The molecule has 1 aliphatic rings. The minimum Gasteiger partial charge on any atom is -0.398 e. The minimum absolute atomic E-state index is 0.0643. The number of benzene rings is 4. The fourth-order valence-electron chi connectivity index (χ4n) is 4.79. The van der Waals surface area contributed by atoms with Gasteiger partial charge in [0.2, 0.25) is 0 Å². The van der Waals surface area contributed by atoms with Crippen molar-refractivity contribution in [3.8, 4) is 11.1 Å². The lowest BCUT2D eigenvalue weighted by Crippen LogP contribution is -2.06. The topological polar surface area (TPSA) is 49.9 Å². The Morgan fingerprint density at radius 1 is 0.784 bits per heavy atom. The highest BCUT2D eigenvalue weighted by atomic mass is 14.6. The lowest BCUT2D eigenvalue weighted by Gasteiger charge is -2.16. The fraction of sp³-hybridized carbons (Fsp3) is 0.114.